The number of hydrogen-bond donors (Lipinski definition) is 0. The molecule has 0 amide bonds. The molecule has 0 radical (unpaired) electrons. The van der Waals surface area contributed by atoms with E-state index in [-0.39, 0.29) is 0 Å². The molecule has 0 unspecified atom stereocenters. The van der Waals surface area contributed by atoms with Crippen molar-refractivity contribution in [3.63, 3.8) is 0 Å². The summed E-state index contributed by atoms with van der Waals surface area (Å²) in [5, 5.41) is 0. The van der Waals surface area contributed by atoms with Gasteiger partial charge >= 0.3 is 5.97 Å². The van der Waals surface area contributed by atoms with Crippen molar-refractivity contribution in [3.05, 3.63) is 29.3 Å². The van der Waals surface area contributed by atoms with Crippen molar-refractivity contribution in [1.29, 1.82) is 0 Å². The normalized spacial score (nSPS) is 8.79. The van der Waals surface area contributed by atoms with Gasteiger partial charge in [0.1, 0.15) is 11.5 Å². The lowest BCUT2D eigenvalue weighted by Gasteiger charge is -1.95. The van der Waals surface area contributed by atoms with E-state index in [0.717, 1.165) is 6.20 Å². The van der Waals surface area contributed by atoms with Gasteiger partial charge in [-0.2, -0.15) is 0 Å². The molecule has 0 bridgehead atoms. The first-order chi connectivity index (χ1) is 6.63. The smallest absolute Gasteiger partial charge is 0.384 e. The minimum absolute atomic E-state index is 0.372. The molecule has 1 heterocycles. The zero-order chi connectivity index (χ0) is 10.6. The van der Waals surface area contributed by atoms with Gasteiger partial charge in [0.2, 0.25) is 0 Å². The fraction of sp³-hybridized carbons (Fsp3) is 0.200. The molecule has 1 aromatic rings. The Morgan fingerprint density at radius 1 is 1.64 bits per heavy atom. The standard InChI is InChI=1S/C10H8FNO2/c1-7-5-8(11)6-12-9(7)3-4-10(13)14-2/h5-6H,1-2H3. The Balaban J connectivity index is 2.96. The van der Waals surface area contributed by atoms with Crippen molar-refractivity contribution >= 4 is 5.97 Å². The third-order valence-electron chi connectivity index (χ3n) is 1.51. The van der Waals surface area contributed by atoms with Crippen molar-refractivity contribution in [2.24, 2.45) is 0 Å². The number of aryl methyl sites for hydroxylation is 1. The van der Waals surface area contributed by atoms with E-state index in [1.54, 1.807) is 6.92 Å². The fourth-order valence-electron chi connectivity index (χ4n) is 0.833. The molecule has 0 fully saturated rings. The van der Waals surface area contributed by atoms with Gasteiger partial charge in [0.15, 0.2) is 0 Å². The minimum atomic E-state index is -0.643. The molecule has 3 nitrogen and oxygen atoms in total. The van der Waals surface area contributed by atoms with E-state index in [4.69, 9.17) is 0 Å². The highest BCUT2D eigenvalue weighted by molar-refractivity contribution is 5.88. The summed E-state index contributed by atoms with van der Waals surface area (Å²) < 4.78 is 16.9. The summed E-state index contributed by atoms with van der Waals surface area (Å²) in [7, 11) is 1.24. The van der Waals surface area contributed by atoms with Crippen molar-refractivity contribution in [2.75, 3.05) is 7.11 Å². The highest BCUT2D eigenvalue weighted by atomic mass is 19.1. The predicted molar refractivity (Wildman–Crippen MR) is 47.8 cm³/mol. The lowest BCUT2D eigenvalue weighted by atomic mass is 10.2. The lowest BCUT2D eigenvalue weighted by Crippen LogP contribution is -1.96. The highest BCUT2D eigenvalue weighted by Crippen LogP contribution is 2.04. The molecule has 4 heteroatoms. The molecule has 72 valence electrons. The number of carbonyl (C=O) groups excluding carboxylic acids is 1. The van der Waals surface area contributed by atoms with Gasteiger partial charge in [0, 0.05) is 5.92 Å². The third-order valence-corrected chi connectivity index (χ3v) is 1.51. The fourth-order valence-corrected chi connectivity index (χ4v) is 0.833. The number of rotatable bonds is 0. The van der Waals surface area contributed by atoms with Gasteiger partial charge in [-0.15, -0.1) is 0 Å². The van der Waals surface area contributed by atoms with Crippen LogP contribution in [0.2, 0.25) is 0 Å². The van der Waals surface area contributed by atoms with Crippen molar-refractivity contribution in [1.82, 2.24) is 4.98 Å². The van der Waals surface area contributed by atoms with Gasteiger partial charge < -0.3 is 4.74 Å². The number of methoxy groups -OCH3 is 1. The van der Waals surface area contributed by atoms with Crippen LogP contribution in [-0.2, 0) is 9.53 Å². The van der Waals surface area contributed by atoms with Gasteiger partial charge in [-0.3, -0.25) is 0 Å². The lowest BCUT2D eigenvalue weighted by molar-refractivity contribution is -0.133. The van der Waals surface area contributed by atoms with E-state index in [0.29, 0.717) is 11.3 Å². The first kappa shape index (κ1) is 10.2. The molecule has 1 aromatic heterocycles. The van der Waals surface area contributed by atoms with Crippen LogP contribution < -0.4 is 0 Å². The number of hydrogen-bond acceptors (Lipinski definition) is 3. The van der Waals surface area contributed by atoms with Crippen LogP contribution in [0.15, 0.2) is 12.3 Å². The minimum Gasteiger partial charge on any atom is -0.459 e. The summed E-state index contributed by atoms with van der Waals surface area (Å²) in [4.78, 5) is 14.4. The Morgan fingerprint density at radius 3 is 2.93 bits per heavy atom. The van der Waals surface area contributed by atoms with Crippen molar-refractivity contribution < 1.29 is 13.9 Å². The molecule has 0 saturated carbocycles. The molecule has 0 aromatic carbocycles. The van der Waals surface area contributed by atoms with Crippen LogP contribution in [0.5, 0.6) is 0 Å². The Bertz CT molecular complexity index is 418. The molecule has 0 atom stereocenters. The zero-order valence-corrected chi connectivity index (χ0v) is 7.80. The van der Waals surface area contributed by atoms with E-state index in [1.807, 2.05) is 0 Å². The zero-order valence-electron chi connectivity index (χ0n) is 7.80. The van der Waals surface area contributed by atoms with Crippen LogP contribution in [0.1, 0.15) is 11.3 Å². The van der Waals surface area contributed by atoms with E-state index >= 15 is 0 Å². The van der Waals surface area contributed by atoms with Crippen LogP contribution in [-0.4, -0.2) is 18.1 Å². The van der Waals surface area contributed by atoms with Crippen LogP contribution in [0, 0.1) is 24.6 Å². The molecule has 14 heavy (non-hydrogen) atoms. The van der Waals surface area contributed by atoms with Gasteiger partial charge in [-0.1, -0.05) is 0 Å². The Morgan fingerprint density at radius 2 is 2.36 bits per heavy atom. The van der Waals surface area contributed by atoms with Crippen molar-refractivity contribution in [3.8, 4) is 11.8 Å². The molecular weight excluding hydrogens is 185 g/mol. The summed E-state index contributed by atoms with van der Waals surface area (Å²) in [5.41, 5.74) is 0.957. The molecule has 0 spiro atoms. The summed E-state index contributed by atoms with van der Waals surface area (Å²) in [6.45, 7) is 1.66. The Labute approximate surface area is 80.9 Å². The van der Waals surface area contributed by atoms with E-state index in [2.05, 4.69) is 21.6 Å². The second-order valence-electron chi connectivity index (χ2n) is 2.56. The average Bonchev–Trinajstić information content (AvgIpc) is 2.16. The summed E-state index contributed by atoms with van der Waals surface area (Å²) in [6.07, 6.45) is 1.05. The number of pyridine rings is 1. The maximum atomic E-state index is 12.6. The predicted octanol–water partition coefficient (Wildman–Crippen LogP) is 1.05. The van der Waals surface area contributed by atoms with Gasteiger partial charge in [-0.05, 0) is 24.5 Å². The van der Waals surface area contributed by atoms with Gasteiger partial charge in [0.25, 0.3) is 0 Å². The first-order valence-electron chi connectivity index (χ1n) is 3.85. The quantitative estimate of drug-likeness (QED) is 0.456. The van der Waals surface area contributed by atoms with Gasteiger partial charge in [-0.25, -0.2) is 14.2 Å². The highest BCUT2D eigenvalue weighted by Gasteiger charge is 1.98. The molecule has 1 rings (SSSR count). The summed E-state index contributed by atoms with van der Waals surface area (Å²) in [6, 6.07) is 1.30. The molecule has 0 aliphatic carbocycles. The number of nitrogens with zero attached hydrogens (tertiary/aromatic N) is 1. The monoisotopic (exact) mass is 193 g/mol. The molecule has 0 saturated heterocycles. The van der Waals surface area contributed by atoms with E-state index < -0.39 is 11.8 Å². The second-order valence-corrected chi connectivity index (χ2v) is 2.56. The number of aromatic nitrogens is 1. The maximum Gasteiger partial charge on any atom is 0.384 e. The molecule has 0 N–H and O–H groups in total. The Hall–Kier alpha value is -1.89. The van der Waals surface area contributed by atoms with Crippen LogP contribution >= 0.6 is 0 Å². The van der Waals surface area contributed by atoms with Crippen molar-refractivity contribution in [2.45, 2.75) is 6.92 Å². The maximum absolute atomic E-state index is 12.6. The summed E-state index contributed by atoms with van der Waals surface area (Å²) >= 11 is 0. The third kappa shape index (κ3) is 2.56. The van der Waals surface area contributed by atoms with E-state index in [9.17, 15) is 9.18 Å². The molecular formula is C10H8FNO2. The molecule has 0 aliphatic rings. The van der Waals surface area contributed by atoms with Crippen LogP contribution in [0.3, 0.4) is 0 Å². The average molecular weight is 193 g/mol. The number of carbonyl (C=O) groups is 1. The van der Waals surface area contributed by atoms with Gasteiger partial charge in [0.05, 0.1) is 13.3 Å². The largest absolute Gasteiger partial charge is 0.459 e. The van der Waals surface area contributed by atoms with E-state index in [1.165, 1.54) is 13.2 Å². The number of esters is 1. The first-order valence-corrected chi connectivity index (χ1v) is 3.85. The SMILES string of the molecule is COC(=O)C#Cc1ncc(F)cc1C. The molecule has 0 aliphatic heterocycles. The summed E-state index contributed by atoms with van der Waals surface area (Å²) in [5.74, 6) is 3.63. The number of ether oxygens (including phenoxy) is 1. The Kier molecular flexibility index (Phi) is 3.19. The second kappa shape index (κ2) is 4.38. The van der Waals surface area contributed by atoms with Crippen LogP contribution in [0.25, 0.3) is 0 Å². The van der Waals surface area contributed by atoms with Crippen LogP contribution in [0.4, 0.5) is 4.39 Å². The topological polar surface area (TPSA) is 39.2 Å². The number of halogens is 1.